The van der Waals surface area contributed by atoms with Crippen molar-refractivity contribution >= 4 is 32.7 Å². The van der Waals surface area contributed by atoms with E-state index in [1.165, 1.54) is 38.8 Å². The summed E-state index contributed by atoms with van der Waals surface area (Å²) < 4.78 is 2.24. The van der Waals surface area contributed by atoms with E-state index >= 15 is 0 Å². The van der Waals surface area contributed by atoms with E-state index in [0.717, 1.165) is 66.8 Å². The average molecular weight is 752 g/mol. The fourth-order valence-electron chi connectivity index (χ4n) is 8.47. The normalized spacial score (nSPS) is 11.4. The lowest BCUT2D eigenvalue weighted by Gasteiger charge is -2.16. The summed E-state index contributed by atoms with van der Waals surface area (Å²) in [6, 6.07) is 79.9. The van der Waals surface area contributed by atoms with Gasteiger partial charge in [-0.1, -0.05) is 188 Å². The second-order valence-corrected chi connectivity index (χ2v) is 15.0. The molecule has 11 aromatic rings. The number of imidazole rings is 1. The van der Waals surface area contributed by atoms with Crippen molar-refractivity contribution in [2.75, 3.05) is 0 Å². The molecule has 2 heterocycles. The van der Waals surface area contributed by atoms with Gasteiger partial charge in [-0.15, -0.1) is 0 Å². The molecule has 0 unspecified atom stereocenters. The van der Waals surface area contributed by atoms with Crippen LogP contribution in [0.2, 0.25) is 0 Å². The van der Waals surface area contributed by atoms with E-state index < -0.39 is 0 Å². The Bertz CT molecular complexity index is 3260. The second kappa shape index (κ2) is 14.6. The predicted molar refractivity (Wildman–Crippen MR) is 246 cm³/mol. The third-order valence-corrected chi connectivity index (χ3v) is 11.4. The Morgan fingerprint density at radius 2 is 0.763 bits per heavy atom. The Morgan fingerprint density at radius 3 is 1.39 bits per heavy atom. The van der Waals surface area contributed by atoms with Crippen LogP contribution in [0.1, 0.15) is 0 Å². The Labute approximate surface area is 343 Å². The van der Waals surface area contributed by atoms with Gasteiger partial charge in [0, 0.05) is 27.6 Å². The Hall–Kier alpha value is -7.88. The molecule has 0 fully saturated rings. The zero-order chi connectivity index (χ0) is 39.1. The van der Waals surface area contributed by atoms with Crippen LogP contribution < -0.4 is 0 Å². The first kappa shape index (κ1) is 34.4. The quantitative estimate of drug-likeness (QED) is 0.152. The maximum absolute atomic E-state index is 5.49. The average Bonchev–Trinajstić information content (AvgIpc) is 3.72. The zero-order valence-electron chi connectivity index (χ0n) is 32.2. The predicted octanol–water partition coefficient (Wildman–Crippen LogP) is 14.7. The molecule has 3 heteroatoms. The molecule has 0 spiro atoms. The van der Waals surface area contributed by atoms with Gasteiger partial charge in [0.15, 0.2) is 0 Å². The minimum atomic E-state index is 0.907. The number of hydrogen-bond donors (Lipinski definition) is 0. The molecule has 0 saturated carbocycles. The molecule has 59 heavy (non-hydrogen) atoms. The topological polar surface area (TPSA) is 30.7 Å². The third kappa shape index (κ3) is 6.26. The smallest absolute Gasteiger partial charge is 0.145 e. The van der Waals surface area contributed by atoms with Crippen molar-refractivity contribution in [3.05, 3.63) is 224 Å². The molecule has 276 valence electrons. The van der Waals surface area contributed by atoms with E-state index in [9.17, 15) is 0 Å². The molecule has 0 bridgehead atoms. The Kier molecular flexibility index (Phi) is 8.49. The number of benzene rings is 9. The van der Waals surface area contributed by atoms with Crippen LogP contribution >= 0.6 is 0 Å². The van der Waals surface area contributed by atoms with E-state index in [-0.39, 0.29) is 0 Å². The largest absolute Gasteiger partial charge is 0.292 e. The number of hydrogen-bond acceptors (Lipinski definition) is 2. The molecule has 11 rings (SSSR count). The van der Waals surface area contributed by atoms with Gasteiger partial charge in [-0.25, -0.2) is 9.97 Å². The van der Waals surface area contributed by atoms with E-state index in [2.05, 4.69) is 217 Å². The van der Waals surface area contributed by atoms with Crippen molar-refractivity contribution in [1.82, 2.24) is 14.5 Å². The molecule has 0 atom stereocenters. The van der Waals surface area contributed by atoms with Crippen molar-refractivity contribution in [3.8, 4) is 72.8 Å². The first-order valence-electron chi connectivity index (χ1n) is 20.1. The van der Waals surface area contributed by atoms with Crippen LogP contribution in [0.5, 0.6) is 0 Å². The number of pyridine rings is 1. The lowest BCUT2D eigenvalue weighted by Crippen LogP contribution is -1.97. The zero-order valence-corrected chi connectivity index (χ0v) is 32.2. The van der Waals surface area contributed by atoms with Crippen LogP contribution in [-0.2, 0) is 0 Å². The highest BCUT2D eigenvalue weighted by Gasteiger charge is 2.18. The number of aromatic nitrogens is 3. The molecule has 0 radical (unpaired) electrons. The fourth-order valence-corrected chi connectivity index (χ4v) is 8.47. The van der Waals surface area contributed by atoms with Crippen molar-refractivity contribution in [1.29, 1.82) is 0 Å². The third-order valence-electron chi connectivity index (χ3n) is 11.4. The summed E-state index contributed by atoms with van der Waals surface area (Å²) in [5.41, 5.74) is 16.6. The van der Waals surface area contributed by atoms with Gasteiger partial charge >= 0.3 is 0 Å². The highest BCUT2D eigenvalue weighted by molar-refractivity contribution is 6.16. The first-order chi connectivity index (χ1) is 29.2. The van der Waals surface area contributed by atoms with Gasteiger partial charge in [-0.2, -0.15) is 0 Å². The van der Waals surface area contributed by atoms with Crippen LogP contribution in [0.3, 0.4) is 0 Å². The van der Waals surface area contributed by atoms with Crippen molar-refractivity contribution < 1.29 is 0 Å². The Balaban J connectivity index is 1.08. The van der Waals surface area contributed by atoms with Crippen molar-refractivity contribution in [3.63, 3.8) is 0 Å². The molecule has 0 aliphatic rings. The van der Waals surface area contributed by atoms with Gasteiger partial charge in [-0.3, -0.25) is 4.57 Å². The standard InChI is InChI=1S/C56H37N3/c1-4-14-38(15-5-1)40-24-28-42(29-25-40)49-36-51-50(43-30-26-41(27-31-43)39-16-6-2-7-17-39)37-53(57-55(51)48-21-11-10-20-47(48)49)44-32-34-45(35-33-44)56-58-52-22-12-13-23-54(52)59(56)46-18-8-3-9-19-46/h1-37H. The maximum atomic E-state index is 5.49. The first-order valence-corrected chi connectivity index (χ1v) is 20.1. The molecule has 9 aromatic carbocycles. The summed E-state index contributed by atoms with van der Waals surface area (Å²) in [5.74, 6) is 0.907. The molecule has 2 aromatic heterocycles. The molecular weight excluding hydrogens is 715 g/mol. The summed E-state index contributed by atoms with van der Waals surface area (Å²) in [7, 11) is 0. The monoisotopic (exact) mass is 751 g/mol. The number of para-hydroxylation sites is 3. The SMILES string of the molecule is c1ccc(-c2ccc(-c3cc4c(-c5ccc(-c6ccccc6)cc5)cc(-c5ccc(-c6nc7ccccc7n6-c6ccccc6)cc5)nc4c4ccccc34)cc2)cc1. The summed E-state index contributed by atoms with van der Waals surface area (Å²) >= 11 is 0. The lowest BCUT2D eigenvalue weighted by molar-refractivity contribution is 1.10. The second-order valence-electron chi connectivity index (χ2n) is 15.0. The molecule has 0 saturated heterocycles. The van der Waals surface area contributed by atoms with Crippen molar-refractivity contribution in [2.24, 2.45) is 0 Å². The molecule has 0 amide bonds. The van der Waals surface area contributed by atoms with E-state index in [4.69, 9.17) is 9.97 Å². The van der Waals surface area contributed by atoms with E-state index in [0.29, 0.717) is 0 Å². The number of fused-ring (bicyclic) bond motifs is 4. The van der Waals surface area contributed by atoms with Crippen LogP contribution in [-0.4, -0.2) is 14.5 Å². The van der Waals surface area contributed by atoms with Gasteiger partial charge in [-0.05, 0) is 86.3 Å². The minimum Gasteiger partial charge on any atom is -0.292 e. The molecule has 0 N–H and O–H groups in total. The lowest BCUT2D eigenvalue weighted by atomic mass is 9.90. The van der Waals surface area contributed by atoms with E-state index in [1.807, 2.05) is 12.1 Å². The fraction of sp³-hybridized carbons (Fsp3) is 0. The van der Waals surface area contributed by atoms with Gasteiger partial charge < -0.3 is 0 Å². The highest BCUT2D eigenvalue weighted by atomic mass is 15.1. The minimum absolute atomic E-state index is 0.907. The van der Waals surface area contributed by atoms with Gasteiger partial charge in [0.1, 0.15) is 5.82 Å². The van der Waals surface area contributed by atoms with Crippen LogP contribution in [0.15, 0.2) is 224 Å². The Morgan fingerprint density at radius 1 is 0.305 bits per heavy atom. The van der Waals surface area contributed by atoms with Gasteiger partial charge in [0.05, 0.1) is 22.2 Å². The summed E-state index contributed by atoms with van der Waals surface area (Å²) in [4.78, 5) is 10.6. The molecular formula is C56H37N3. The number of nitrogens with zero attached hydrogens (tertiary/aromatic N) is 3. The molecule has 0 aliphatic carbocycles. The van der Waals surface area contributed by atoms with Crippen LogP contribution in [0, 0.1) is 0 Å². The summed E-state index contributed by atoms with van der Waals surface area (Å²) in [6.45, 7) is 0. The number of rotatable bonds is 7. The van der Waals surface area contributed by atoms with Gasteiger partial charge in [0.2, 0.25) is 0 Å². The van der Waals surface area contributed by atoms with Crippen molar-refractivity contribution in [2.45, 2.75) is 0 Å². The summed E-state index contributed by atoms with van der Waals surface area (Å²) in [5, 5.41) is 3.43. The highest BCUT2D eigenvalue weighted by Crippen LogP contribution is 2.41. The van der Waals surface area contributed by atoms with Gasteiger partial charge in [0.25, 0.3) is 0 Å². The molecule has 0 aliphatic heterocycles. The van der Waals surface area contributed by atoms with Crippen LogP contribution in [0.4, 0.5) is 0 Å². The molecule has 3 nitrogen and oxygen atoms in total. The van der Waals surface area contributed by atoms with Crippen LogP contribution in [0.25, 0.3) is 106 Å². The summed E-state index contributed by atoms with van der Waals surface area (Å²) in [6.07, 6.45) is 0. The maximum Gasteiger partial charge on any atom is 0.145 e. The van der Waals surface area contributed by atoms with E-state index in [1.54, 1.807) is 0 Å².